The van der Waals surface area contributed by atoms with Gasteiger partial charge in [-0.25, -0.2) is 0 Å². The van der Waals surface area contributed by atoms with Gasteiger partial charge in [0.1, 0.15) is 5.76 Å². The molecule has 0 saturated heterocycles. The van der Waals surface area contributed by atoms with E-state index < -0.39 is 0 Å². The number of nitrogens with zero attached hydrogens (tertiary/aromatic N) is 1. The molecule has 0 spiro atoms. The molecule has 0 fully saturated rings. The van der Waals surface area contributed by atoms with Crippen molar-refractivity contribution in [2.75, 3.05) is 13.6 Å². The molecule has 0 atom stereocenters. The van der Waals surface area contributed by atoms with Crippen LogP contribution in [0.15, 0.2) is 10.6 Å². The van der Waals surface area contributed by atoms with Crippen LogP contribution < -0.4 is 5.32 Å². The van der Waals surface area contributed by atoms with Gasteiger partial charge in [0.15, 0.2) is 11.5 Å². The van der Waals surface area contributed by atoms with Crippen molar-refractivity contribution in [3.63, 3.8) is 0 Å². The van der Waals surface area contributed by atoms with Crippen LogP contribution >= 0.6 is 0 Å². The number of ketones is 1. The monoisotopic (exact) mass is 182 g/mol. The summed E-state index contributed by atoms with van der Waals surface area (Å²) in [6.07, 6.45) is 0. The van der Waals surface area contributed by atoms with E-state index in [1.807, 2.05) is 13.8 Å². The average molecular weight is 182 g/mol. The zero-order valence-corrected chi connectivity index (χ0v) is 8.13. The minimum atomic E-state index is -0.0434. The van der Waals surface area contributed by atoms with Crippen LogP contribution in [0, 0.1) is 0 Å². The molecular weight excluding hydrogens is 168 g/mol. The molecule has 1 N–H and O–H groups in total. The highest BCUT2D eigenvalue weighted by Gasteiger charge is 2.12. The van der Waals surface area contributed by atoms with E-state index in [1.165, 1.54) is 0 Å². The summed E-state index contributed by atoms with van der Waals surface area (Å²) in [7, 11) is 1.72. The van der Waals surface area contributed by atoms with Crippen LogP contribution in [0.25, 0.3) is 0 Å². The zero-order valence-electron chi connectivity index (χ0n) is 8.13. The van der Waals surface area contributed by atoms with Crippen LogP contribution in [-0.4, -0.2) is 24.5 Å². The Morgan fingerprint density at radius 1 is 1.69 bits per heavy atom. The first-order valence-corrected chi connectivity index (χ1v) is 4.29. The van der Waals surface area contributed by atoms with Crippen molar-refractivity contribution in [3.8, 4) is 0 Å². The van der Waals surface area contributed by atoms with E-state index in [4.69, 9.17) is 4.52 Å². The van der Waals surface area contributed by atoms with E-state index in [0.29, 0.717) is 12.2 Å². The van der Waals surface area contributed by atoms with Crippen molar-refractivity contribution in [2.24, 2.45) is 0 Å². The van der Waals surface area contributed by atoms with Gasteiger partial charge in [-0.1, -0.05) is 19.0 Å². The summed E-state index contributed by atoms with van der Waals surface area (Å²) >= 11 is 0. The van der Waals surface area contributed by atoms with Crippen molar-refractivity contribution in [2.45, 2.75) is 19.8 Å². The maximum Gasteiger partial charge on any atom is 0.198 e. The van der Waals surface area contributed by atoms with Crippen molar-refractivity contribution >= 4 is 5.78 Å². The Morgan fingerprint density at radius 2 is 2.38 bits per heavy atom. The number of hydrogen-bond donors (Lipinski definition) is 1. The fraction of sp³-hybridized carbons (Fsp3) is 0.556. The van der Waals surface area contributed by atoms with Gasteiger partial charge < -0.3 is 9.84 Å². The predicted molar refractivity (Wildman–Crippen MR) is 48.8 cm³/mol. The molecule has 1 aromatic rings. The van der Waals surface area contributed by atoms with E-state index >= 15 is 0 Å². The van der Waals surface area contributed by atoms with Gasteiger partial charge in [0, 0.05) is 12.0 Å². The summed E-state index contributed by atoms with van der Waals surface area (Å²) < 4.78 is 4.99. The molecule has 4 nitrogen and oxygen atoms in total. The van der Waals surface area contributed by atoms with E-state index in [9.17, 15) is 4.79 Å². The first-order chi connectivity index (χ1) is 6.15. The SMILES string of the molecule is CNCC(=O)c1cc(C(C)C)on1. The highest BCUT2D eigenvalue weighted by atomic mass is 16.5. The van der Waals surface area contributed by atoms with Gasteiger partial charge in [0.25, 0.3) is 0 Å². The maximum atomic E-state index is 11.3. The summed E-state index contributed by atoms with van der Waals surface area (Å²) in [5.41, 5.74) is 0.401. The van der Waals surface area contributed by atoms with Crippen LogP contribution in [0.5, 0.6) is 0 Å². The fourth-order valence-corrected chi connectivity index (χ4v) is 0.944. The van der Waals surface area contributed by atoms with Gasteiger partial charge in [-0.2, -0.15) is 0 Å². The summed E-state index contributed by atoms with van der Waals surface area (Å²) in [6, 6.07) is 1.70. The second kappa shape index (κ2) is 4.18. The van der Waals surface area contributed by atoms with Crippen LogP contribution in [0.3, 0.4) is 0 Å². The number of carbonyl (C=O) groups excluding carboxylic acids is 1. The fourth-order valence-electron chi connectivity index (χ4n) is 0.944. The molecule has 1 aromatic heterocycles. The number of carbonyl (C=O) groups is 1. The molecule has 13 heavy (non-hydrogen) atoms. The molecule has 0 aliphatic rings. The Labute approximate surface area is 77.3 Å². The molecule has 0 radical (unpaired) electrons. The van der Waals surface area contributed by atoms with E-state index in [1.54, 1.807) is 13.1 Å². The van der Waals surface area contributed by atoms with Crippen molar-refractivity contribution in [1.29, 1.82) is 0 Å². The van der Waals surface area contributed by atoms with Crippen molar-refractivity contribution in [1.82, 2.24) is 10.5 Å². The summed E-state index contributed by atoms with van der Waals surface area (Å²) in [5, 5.41) is 6.46. The third-order valence-electron chi connectivity index (χ3n) is 1.72. The molecule has 1 rings (SSSR count). The zero-order chi connectivity index (χ0) is 9.84. The molecule has 0 bridgehead atoms. The van der Waals surface area contributed by atoms with Crippen LogP contribution in [0.1, 0.15) is 36.0 Å². The molecule has 0 saturated carbocycles. The number of Topliss-reactive ketones (excluding diaryl/α,β-unsaturated/α-hetero) is 1. The molecule has 1 heterocycles. The third kappa shape index (κ3) is 2.39. The third-order valence-corrected chi connectivity index (χ3v) is 1.72. The highest BCUT2D eigenvalue weighted by molar-refractivity contribution is 5.95. The van der Waals surface area contributed by atoms with Crippen LogP contribution in [-0.2, 0) is 0 Å². The summed E-state index contributed by atoms with van der Waals surface area (Å²) in [5.74, 6) is 0.973. The van der Waals surface area contributed by atoms with Gasteiger partial charge in [0.05, 0.1) is 6.54 Å². The van der Waals surface area contributed by atoms with E-state index in [2.05, 4.69) is 10.5 Å². The molecule has 0 unspecified atom stereocenters. The molecule has 0 amide bonds. The van der Waals surface area contributed by atoms with Gasteiger partial charge in [-0.15, -0.1) is 0 Å². The van der Waals surface area contributed by atoms with E-state index in [-0.39, 0.29) is 11.7 Å². The van der Waals surface area contributed by atoms with Gasteiger partial charge in [0.2, 0.25) is 0 Å². The number of rotatable bonds is 4. The Hall–Kier alpha value is -1.16. The summed E-state index contributed by atoms with van der Waals surface area (Å²) in [4.78, 5) is 11.3. The largest absolute Gasteiger partial charge is 0.360 e. The molecule has 4 heteroatoms. The number of likely N-dealkylation sites (N-methyl/N-ethyl adjacent to an activating group) is 1. The molecule has 0 aliphatic carbocycles. The Kier molecular flexibility index (Phi) is 3.19. The Balaban J connectivity index is 2.73. The first kappa shape index (κ1) is 9.92. The minimum Gasteiger partial charge on any atom is -0.360 e. The van der Waals surface area contributed by atoms with Crippen molar-refractivity contribution in [3.05, 3.63) is 17.5 Å². The predicted octanol–water partition coefficient (Wildman–Crippen LogP) is 1.20. The Morgan fingerprint density at radius 3 is 2.85 bits per heavy atom. The van der Waals surface area contributed by atoms with Crippen LogP contribution in [0.2, 0.25) is 0 Å². The average Bonchev–Trinajstić information content (AvgIpc) is 2.52. The number of hydrogen-bond acceptors (Lipinski definition) is 4. The van der Waals surface area contributed by atoms with Gasteiger partial charge >= 0.3 is 0 Å². The van der Waals surface area contributed by atoms with Gasteiger partial charge in [-0.3, -0.25) is 4.79 Å². The lowest BCUT2D eigenvalue weighted by molar-refractivity contribution is 0.0985. The lowest BCUT2D eigenvalue weighted by Crippen LogP contribution is -2.18. The second-order valence-corrected chi connectivity index (χ2v) is 3.22. The molecule has 0 aromatic carbocycles. The second-order valence-electron chi connectivity index (χ2n) is 3.22. The van der Waals surface area contributed by atoms with Crippen molar-refractivity contribution < 1.29 is 9.32 Å². The smallest absolute Gasteiger partial charge is 0.198 e. The minimum absolute atomic E-state index is 0.0434. The summed E-state index contributed by atoms with van der Waals surface area (Å²) in [6.45, 7) is 4.28. The lowest BCUT2D eigenvalue weighted by Gasteiger charge is -1.93. The molecule has 72 valence electrons. The standard InChI is InChI=1S/C9H14N2O2/c1-6(2)9-4-7(11-13-9)8(12)5-10-3/h4,6,10H,5H2,1-3H3. The molecular formula is C9H14N2O2. The van der Waals surface area contributed by atoms with E-state index in [0.717, 1.165) is 5.76 Å². The normalized spacial score (nSPS) is 10.8. The first-order valence-electron chi connectivity index (χ1n) is 4.29. The highest BCUT2D eigenvalue weighted by Crippen LogP contribution is 2.14. The quantitative estimate of drug-likeness (QED) is 0.711. The lowest BCUT2D eigenvalue weighted by atomic mass is 10.1. The topological polar surface area (TPSA) is 55.1 Å². The molecule has 0 aliphatic heterocycles. The van der Waals surface area contributed by atoms with Crippen LogP contribution in [0.4, 0.5) is 0 Å². The Bertz CT molecular complexity index is 292. The number of aromatic nitrogens is 1. The van der Waals surface area contributed by atoms with Gasteiger partial charge in [-0.05, 0) is 7.05 Å². The maximum absolute atomic E-state index is 11.3. The number of nitrogens with one attached hydrogen (secondary N) is 1.